The Kier molecular flexibility index (Phi) is 9.76. The maximum Gasteiger partial charge on any atom is 0.418 e. The first-order valence-electron chi connectivity index (χ1n) is 13.7. The third kappa shape index (κ3) is 7.74. The minimum atomic E-state index is -4.78. The van der Waals surface area contributed by atoms with Gasteiger partial charge in [0.25, 0.3) is 5.91 Å². The Hall–Kier alpha value is -4.78. The smallest absolute Gasteiger partial charge is 0.357 e. The molecule has 0 aliphatic heterocycles. The Bertz CT molecular complexity index is 1620. The highest BCUT2D eigenvalue weighted by Crippen LogP contribution is 2.37. The Balaban J connectivity index is 1.51. The van der Waals surface area contributed by atoms with Crippen molar-refractivity contribution >= 4 is 40.3 Å². The van der Waals surface area contributed by atoms with Crippen LogP contribution in [-0.2, 0) is 6.18 Å². The molecule has 4 N–H and O–H groups in total. The largest absolute Gasteiger partial charge is 0.418 e. The lowest BCUT2D eigenvalue weighted by molar-refractivity contribution is -0.136. The lowest BCUT2D eigenvalue weighted by Crippen LogP contribution is -2.37. The molecule has 0 aliphatic rings. The van der Waals surface area contributed by atoms with Gasteiger partial charge in [0.2, 0.25) is 5.95 Å². The number of aryl methyl sites for hydroxylation is 1. The van der Waals surface area contributed by atoms with E-state index in [4.69, 9.17) is 0 Å². The summed E-state index contributed by atoms with van der Waals surface area (Å²) in [4.78, 5) is 40.4. The van der Waals surface area contributed by atoms with Gasteiger partial charge in [-0.2, -0.15) is 18.2 Å². The van der Waals surface area contributed by atoms with Crippen molar-refractivity contribution in [1.82, 2.24) is 25.2 Å². The van der Waals surface area contributed by atoms with Gasteiger partial charge in [-0.1, -0.05) is 19.9 Å². The predicted molar refractivity (Wildman–Crippen MR) is 161 cm³/mol. The molecule has 2 aromatic carbocycles. The van der Waals surface area contributed by atoms with E-state index in [0.29, 0.717) is 23.5 Å². The SMILES string of the molecule is CCN(CC)CCNC(=O)Nc1ccc(NC(=O)c2ccc(C)c(-c3cnc4nc(NC)ncc4c3)c2)cc1C(F)(F)F. The topological polar surface area (TPSA) is 124 Å². The monoisotopic (exact) mass is 594 g/mol. The van der Waals surface area contributed by atoms with Gasteiger partial charge in [0, 0.05) is 54.7 Å². The maximum absolute atomic E-state index is 13.9. The number of hydrogen-bond acceptors (Lipinski definition) is 7. The number of urea groups is 1. The third-order valence-electron chi connectivity index (χ3n) is 6.91. The van der Waals surface area contributed by atoms with Gasteiger partial charge in [-0.15, -0.1) is 0 Å². The van der Waals surface area contributed by atoms with Crippen LogP contribution in [0.5, 0.6) is 0 Å². The molecule has 3 amide bonds. The summed E-state index contributed by atoms with van der Waals surface area (Å²) in [5, 5.41) is 10.9. The molecule has 0 atom stereocenters. The van der Waals surface area contributed by atoms with Crippen molar-refractivity contribution in [3.05, 3.63) is 71.5 Å². The van der Waals surface area contributed by atoms with E-state index in [1.54, 1.807) is 37.6 Å². The van der Waals surface area contributed by atoms with E-state index in [9.17, 15) is 22.8 Å². The van der Waals surface area contributed by atoms with Gasteiger partial charge in [-0.25, -0.2) is 14.8 Å². The Morgan fingerprint density at radius 3 is 2.42 bits per heavy atom. The number of halogens is 3. The summed E-state index contributed by atoms with van der Waals surface area (Å²) in [6.45, 7) is 8.28. The molecule has 0 spiro atoms. The minimum Gasteiger partial charge on any atom is -0.357 e. The second kappa shape index (κ2) is 13.5. The van der Waals surface area contributed by atoms with Gasteiger partial charge in [0.05, 0.1) is 11.3 Å². The van der Waals surface area contributed by atoms with Gasteiger partial charge < -0.3 is 26.2 Å². The van der Waals surface area contributed by atoms with Crippen LogP contribution in [0.25, 0.3) is 22.2 Å². The van der Waals surface area contributed by atoms with Crippen LogP contribution < -0.4 is 21.3 Å². The van der Waals surface area contributed by atoms with E-state index < -0.39 is 29.4 Å². The van der Waals surface area contributed by atoms with Crippen LogP contribution in [0.2, 0.25) is 0 Å². The Labute approximate surface area is 247 Å². The standard InChI is InChI=1S/C30H33F3N8O2/c1-5-41(6-2)12-11-35-29(43)39-25-10-9-22(15-24(25)30(31,32)33)38-27(42)19-8-7-18(3)23(14-19)20-13-21-17-37-28(34-4)40-26(21)36-16-20/h7-10,13-17H,5-6,11-12H2,1-4H3,(H,38,42)(H2,35,39,43)(H,34,36,37,40). The molecule has 226 valence electrons. The number of rotatable bonds is 10. The molecule has 43 heavy (non-hydrogen) atoms. The lowest BCUT2D eigenvalue weighted by Gasteiger charge is -2.19. The molecule has 0 fully saturated rings. The first-order chi connectivity index (χ1) is 20.5. The molecule has 4 rings (SSSR count). The zero-order valence-electron chi connectivity index (χ0n) is 24.3. The van der Waals surface area contributed by atoms with Gasteiger partial charge in [0.15, 0.2) is 5.65 Å². The van der Waals surface area contributed by atoms with Gasteiger partial charge in [0.1, 0.15) is 0 Å². The Morgan fingerprint density at radius 1 is 0.953 bits per heavy atom. The molecular weight excluding hydrogens is 561 g/mol. The number of alkyl halides is 3. The molecule has 0 bridgehead atoms. The van der Waals surface area contributed by atoms with E-state index in [0.717, 1.165) is 41.9 Å². The van der Waals surface area contributed by atoms with Crippen LogP contribution in [0, 0.1) is 6.92 Å². The van der Waals surface area contributed by atoms with Crippen molar-refractivity contribution in [2.24, 2.45) is 0 Å². The normalized spacial score (nSPS) is 11.4. The van der Waals surface area contributed by atoms with Gasteiger partial charge in [-0.05, 0) is 67.5 Å². The highest BCUT2D eigenvalue weighted by atomic mass is 19.4. The van der Waals surface area contributed by atoms with E-state index in [1.165, 1.54) is 6.07 Å². The number of amides is 3. The van der Waals surface area contributed by atoms with Crippen molar-refractivity contribution in [3.63, 3.8) is 0 Å². The molecule has 2 heterocycles. The fourth-order valence-corrected chi connectivity index (χ4v) is 4.47. The number of fused-ring (bicyclic) bond motifs is 1. The molecule has 4 aromatic rings. The number of nitrogens with one attached hydrogen (secondary N) is 4. The summed E-state index contributed by atoms with van der Waals surface area (Å²) >= 11 is 0. The number of carbonyl (C=O) groups is 2. The van der Waals surface area contributed by atoms with Gasteiger partial charge in [-0.3, -0.25) is 4.79 Å². The number of pyridine rings is 1. The van der Waals surface area contributed by atoms with Crippen molar-refractivity contribution in [1.29, 1.82) is 0 Å². The van der Waals surface area contributed by atoms with E-state index in [2.05, 4.69) is 41.1 Å². The fourth-order valence-electron chi connectivity index (χ4n) is 4.47. The van der Waals surface area contributed by atoms with E-state index in [1.807, 2.05) is 26.8 Å². The zero-order chi connectivity index (χ0) is 31.1. The number of carbonyl (C=O) groups excluding carboxylic acids is 2. The molecule has 0 saturated heterocycles. The number of benzene rings is 2. The molecule has 0 unspecified atom stereocenters. The summed E-state index contributed by atoms with van der Waals surface area (Å²) in [5.41, 5.74) is 1.49. The first kappa shape index (κ1) is 31.2. The van der Waals surface area contributed by atoms with Crippen molar-refractivity contribution in [3.8, 4) is 11.1 Å². The van der Waals surface area contributed by atoms with Crippen LogP contribution in [-0.4, -0.2) is 65.0 Å². The average Bonchev–Trinajstić information content (AvgIpc) is 2.99. The molecule has 2 aromatic heterocycles. The fraction of sp³-hybridized carbons (Fsp3) is 0.300. The average molecular weight is 595 g/mol. The summed E-state index contributed by atoms with van der Waals surface area (Å²) in [6, 6.07) is 9.32. The number of anilines is 3. The van der Waals surface area contributed by atoms with E-state index >= 15 is 0 Å². The maximum atomic E-state index is 13.9. The van der Waals surface area contributed by atoms with Crippen LogP contribution in [0.4, 0.5) is 35.3 Å². The van der Waals surface area contributed by atoms with Crippen LogP contribution in [0.3, 0.4) is 0 Å². The van der Waals surface area contributed by atoms with Crippen molar-refractivity contribution < 1.29 is 22.8 Å². The molecule has 13 heteroatoms. The number of likely N-dealkylation sites (N-methyl/N-ethyl adjacent to an activating group) is 1. The van der Waals surface area contributed by atoms with Crippen LogP contribution in [0.1, 0.15) is 35.3 Å². The van der Waals surface area contributed by atoms with Crippen molar-refractivity contribution in [2.45, 2.75) is 26.9 Å². The molecular formula is C30H33F3N8O2. The quantitative estimate of drug-likeness (QED) is 0.184. The zero-order valence-corrected chi connectivity index (χ0v) is 24.3. The summed E-state index contributed by atoms with van der Waals surface area (Å²) in [7, 11) is 1.71. The van der Waals surface area contributed by atoms with Crippen molar-refractivity contribution in [2.75, 3.05) is 49.2 Å². The minimum absolute atomic E-state index is 0.0724. The molecule has 0 radical (unpaired) electrons. The van der Waals surface area contributed by atoms with Crippen LogP contribution >= 0.6 is 0 Å². The van der Waals surface area contributed by atoms with E-state index in [-0.39, 0.29) is 17.8 Å². The second-order valence-electron chi connectivity index (χ2n) is 9.73. The molecule has 0 saturated carbocycles. The second-order valence-corrected chi connectivity index (χ2v) is 9.73. The highest BCUT2D eigenvalue weighted by molar-refractivity contribution is 6.05. The summed E-state index contributed by atoms with van der Waals surface area (Å²) in [6.07, 6.45) is -1.49. The number of hydrogen-bond donors (Lipinski definition) is 4. The summed E-state index contributed by atoms with van der Waals surface area (Å²) < 4.78 is 41.8. The number of nitrogens with zero attached hydrogens (tertiary/aromatic N) is 4. The summed E-state index contributed by atoms with van der Waals surface area (Å²) in [5.74, 6) is -0.158. The molecule has 0 aliphatic carbocycles. The van der Waals surface area contributed by atoms with Gasteiger partial charge >= 0.3 is 12.2 Å². The predicted octanol–water partition coefficient (Wildman–Crippen LogP) is 5.78. The van der Waals surface area contributed by atoms with Crippen LogP contribution in [0.15, 0.2) is 54.9 Å². The number of aromatic nitrogens is 3. The third-order valence-corrected chi connectivity index (χ3v) is 6.91. The lowest BCUT2D eigenvalue weighted by atomic mass is 9.98. The highest BCUT2D eigenvalue weighted by Gasteiger charge is 2.34. The Morgan fingerprint density at radius 2 is 1.72 bits per heavy atom. The first-order valence-corrected chi connectivity index (χ1v) is 13.7. The molecule has 10 nitrogen and oxygen atoms in total.